The quantitative estimate of drug-likeness (QED) is 0.175. The van der Waals surface area contributed by atoms with E-state index in [2.05, 4.69) is 26.6 Å². The van der Waals surface area contributed by atoms with Crippen LogP contribution in [-0.2, 0) is 14.4 Å². The third-order valence-electron chi connectivity index (χ3n) is 5.82. The van der Waals surface area contributed by atoms with Crippen LogP contribution in [0.5, 0.6) is 5.75 Å². The average Bonchev–Trinajstić information content (AvgIpc) is 2.88. The van der Waals surface area contributed by atoms with E-state index in [0.717, 1.165) is 17.2 Å². The van der Waals surface area contributed by atoms with Crippen LogP contribution in [0.4, 0.5) is 21.9 Å². The Labute approximate surface area is 230 Å². The van der Waals surface area contributed by atoms with Gasteiger partial charge in [0, 0.05) is 27.9 Å². The van der Waals surface area contributed by atoms with Gasteiger partial charge in [-0.2, -0.15) is 0 Å². The van der Waals surface area contributed by atoms with Gasteiger partial charge in [-0.3, -0.25) is 29.8 Å². The summed E-state index contributed by atoms with van der Waals surface area (Å²) in [4.78, 5) is 62.0. The number of ether oxygens (including phenoxy) is 1. The molecule has 0 aliphatic carbocycles. The first kappa shape index (κ1) is 27.2. The summed E-state index contributed by atoms with van der Waals surface area (Å²) < 4.78 is 6.28. The second kappa shape index (κ2) is 11.3. The predicted octanol–water partition coefficient (Wildman–Crippen LogP) is 4.66. The molecule has 0 bridgehead atoms. The van der Waals surface area contributed by atoms with Gasteiger partial charge in [-0.15, -0.1) is 0 Å². The Bertz CT molecular complexity index is 1570. The minimum absolute atomic E-state index is 0.0844. The van der Waals surface area contributed by atoms with Crippen LogP contribution in [0.25, 0.3) is 6.08 Å². The minimum atomic E-state index is -1.05. The molecule has 0 spiro atoms. The number of benzene rings is 3. The zero-order valence-electron chi connectivity index (χ0n) is 20.7. The summed E-state index contributed by atoms with van der Waals surface area (Å²) in [6, 6.07) is 14.1. The second-order valence-corrected chi connectivity index (χ2v) is 9.47. The van der Waals surface area contributed by atoms with Crippen LogP contribution in [0.15, 0.2) is 70.7 Å². The van der Waals surface area contributed by atoms with Gasteiger partial charge in [0.05, 0.1) is 10.6 Å². The molecule has 1 aliphatic heterocycles. The minimum Gasteiger partial charge on any atom is -0.483 e. The summed E-state index contributed by atoms with van der Waals surface area (Å²) in [5, 5.41) is 16.0. The first-order valence-corrected chi connectivity index (χ1v) is 12.3. The highest BCUT2D eigenvalue weighted by molar-refractivity contribution is 9.10. The number of amides is 5. The first-order chi connectivity index (χ1) is 18.5. The summed E-state index contributed by atoms with van der Waals surface area (Å²) in [7, 11) is 0. The molecule has 1 heterocycles. The van der Waals surface area contributed by atoms with Gasteiger partial charge in [-0.1, -0.05) is 28.1 Å². The smallest absolute Gasteiger partial charge is 0.335 e. The maximum absolute atomic E-state index is 13.2. The number of imide groups is 2. The van der Waals surface area contributed by atoms with Crippen molar-refractivity contribution in [2.75, 3.05) is 16.8 Å². The van der Waals surface area contributed by atoms with Gasteiger partial charge in [-0.25, -0.2) is 9.69 Å². The van der Waals surface area contributed by atoms with Gasteiger partial charge < -0.3 is 10.1 Å². The fourth-order valence-electron chi connectivity index (χ4n) is 3.72. The number of nitrogens with one attached hydrogen (secondary N) is 2. The van der Waals surface area contributed by atoms with E-state index < -0.39 is 34.2 Å². The van der Waals surface area contributed by atoms with Crippen molar-refractivity contribution < 1.29 is 28.8 Å². The number of barbiturate groups is 1. The standard InChI is InChI=1S/C27H21BrN4O7/c1-15-6-8-19(10-16(15)2)29-24(33)14-39-23-9-7-18(28)11-17(23)12-22-25(34)30-27(36)31(26(22)35)20-4-3-5-21(13-20)32(37)38/h3-13H,14H2,1-2H3,(H,29,33)(H,30,34,36)/b22-12-. The number of nitro benzene ring substituents is 1. The van der Waals surface area contributed by atoms with Crippen LogP contribution >= 0.6 is 15.9 Å². The maximum atomic E-state index is 13.2. The Morgan fingerprint density at radius 3 is 2.56 bits per heavy atom. The van der Waals surface area contributed by atoms with E-state index in [9.17, 15) is 29.3 Å². The lowest BCUT2D eigenvalue weighted by atomic mass is 10.1. The van der Waals surface area contributed by atoms with Crippen molar-refractivity contribution >= 4 is 62.8 Å². The summed E-state index contributed by atoms with van der Waals surface area (Å²) >= 11 is 3.33. The van der Waals surface area contributed by atoms with Gasteiger partial charge in [0.2, 0.25) is 0 Å². The molecule has 0 saturated carbocycles. The zero-order valence-corrected chi connectivity index (χ0v) is 22.3. The molecular formula is C27H21BrN4O7. The van der Waals surface area contributed by atoms with Crippen molar-refractivity contribution in [2.45, 2.75) is 13.8 Å². The van der Waals surface area contributed by atoms with Crippen LogP contribution < -0.4 is 20.3 Å². The van der Waals surface area contributed by atoms with Crippen LogP contribution in [0.1, 0.15) is 16.7 Å². The highest BCUT2D eigenvalue weighted by atomic mass is 79.9. The van der Waals surface area contributed by atoms with Crippen molar-refractivity contribution in [3.63, 3.8) is 0 Å². The van der Waals surface area contributed by atoms with Gasteiger partial charge in [0.15, 0.2) is 6.61 Å². The Kier molecular flexibility index (Phi) is 7.86. The van der Waals surface area contributed by atoms with E-state index in [-0.39, 0.29) is 29.3 Å². The molecule has 11 nitrogen and oxygen atoms in total. The SMILES string of the molecule is Cc1ccc(NC(=O)COc2ccc(Br)cc2/C=C2/C(=O)NC(=O)N(c3cccc([N+](=O)[O-])c3)C2=O)cc1C. The Balaban J connectivity index is 1.59. The number of halogens is 1. The molecule has 0 radical (unpaired) electrons. The molecule has 3 aromatic carbocycles. The van der Waals surface area contributed by atoms with E-state index in [4.69, 9.17) is 4.74 Å². The zero-order chi connectivity index (χ0) is 28.3. The predicted molar refractivity (Wildman–Crippen MR) is 146 cm³/mol. The summed E-state index contributed by atoms with van der Waals surface area (Å²) in [5.41, 5.74) is 2.16. The topological polar surface area (TPSA) is 148 Å². The molecule has 1 saturated heterocycles. The summed E-state index contributed by atoms with van der Waals surface area (Å²) in [6.45, 7) is 3.53. The van der Waals surface area contributed by atoms with Crippen molar-refractivity contribution in [1.82, 2.24) is 5.32 Å². The van der Waals surface area contributed by atoms with E-state index in [1.54, 1.807) is 24.3 Å². The molecule has 0 aromatic heterocycles. The highest BCUT2D eigenvalue weighted by Crippen LogP contribution is 2.29. The van der Waals surface area contributed by atoms with Gasteiger partial charge in [0.25, 0.3) is 23.4 Å². The molecule has 0 atom stereocenters. The molecule has 5 amide bonds. The molecule has 4 rings (SSSR count). The normalized spacial score (nSPS) is 14.3. The lowest BCUT2D eigenvalue weighted by Crippen LogP contribution is -2.54. The number of nitrogens with zero attached hydrogens (tertiary/aromatic N) is 2. The van der Waals surface area contributed by atoms with Gasteiger partial charge in [0.1, 0.15) is 11.3 Å². The number of hydrogen-bond acceptors (Lipinski definition) is 7. The number of anilines is 2. The molecule has 1 fully saturated rings. The first-order valence-electron chi connectivity index (χ1n) is 11.5. The summed E-state index contributed by atoms with van der Waals surface area (Å²) in [6.07, 6.45) is 1.22. The van der Waals surface area contributed by atoms with Crippen molar-refractivity contribution in [2.24, 2.45) is 0 Å². The van der Waals surface area contributed by atoms with E-state index in [0.29, 0.717) is 15.1 Å². The number of hydrogen-bond donors (Lipinski definition) is 2. The molecule has 39 heavy (non-hydrogen) atoms. The van der Waals surface area contributed by atoms with Gasteiger partial charge >= 0.3 is 6.03 Å². The van der Waals surface area contributed by atoms with Crippen LogP contribution in [0, 0.1) is 24.0 Å². The Hall–Kier alpha value is -4.84. The number of carbonyl (C=O) groups excluding carboxylic acids is 4. The lowest BCUT2D eigenvalue weighted by molar-refractivity contribution is -0.384. The number of non-ortho nitro benzene ring substituents is 1. The molecule has 2 N–H and O–H groups in total. The molecule has 12 heteroatoms. The third-order valence-corrected chi connectivity index (χ3v) is 6.31. The van der Waals surface area contributed by atoms with E-state index in [1.807, 2.05) is 26.0 Å². The number of nitro groups is 1. The number of carbonyl (C=O) groups is 4. The maximum Gasteiger partial charge on any atom is 0.335 e. The van der Waals surface area contributed by atoms with Gasteiger partial charge in [-0.05, 0) is 67.4 Å². The molecule has 3 aromatic rings. The van der Waals surface area contributed by atoms with Crippen LogP contribution in [0.2, 0.25) is 0 Å². The molecular weight excluding hydrogens is 572 g/mol. The van der Waals surface area contributed by atoms with Crippen molar-refractivity contribution in [3.8, 4) is 5.75 Å². The lowest BCUT2D eigenvalue weighted by Gasteiger charge is -2.26. The van der Waals surface area contributed by atoms with Crippen molar-refractivity contribution in [1.29, 1.82) is 0 Å². The van der Waals surface area contributed by atoms with Crippen LogP contribution in [-0.4, -0.2) is 35.3 Å². The largest absolute Gasteiger partial charge is 0.483 e. The Morgan fingerprint density at radius 2 is 1.85 bits per heavy atom. The van der Waals surface area contributed by atoms with E-state index in [1.165, 1.54) is 24.3 Å². The fraction of sp³-hybridized carbons (Fsp3) is 0.111. The molecule has 1 aliphatic rings. The molecule has 0 unspecified atom stereocenters. The Morgan fingerprint density at radius 1 is 1.08 bits per heavy atom. The number of aryl methyl sites for hydroxylation is 2. The summed E-state index contributed by atoms with van der Waals surface area (Å²) in [5.74, 6) is -2.17. The average molecular weight is 593 g/mol. The van der Waals surface area contributed by atoms with E-state index >= 15 is 0 Å². The molecule has 198 valence electrons. The van der Waals surface area contributed by atoms with Crippen molar-refractivity contribution in [3.05, 3.63) is 97.5 Å². The number of urea groups is 1. The van der Waals surface area contributed by atoms with Crippen LogP contribution in [0.3, 0.4) is 0 Å². The number of rotatable bonds is 7. The second-order valence-electron chi connectivity index (χ2n) is 8.55. The fourth-order valence-corrected chi connectivity index (χ4v) is 4.10. The highest BCUT2D eigenvalue weighted by Gasteiger charge is 2.37. The monoisotopic (exact) mass is 592 g/mol. The third kappa shape index (κ3) is 6.18.